The van der Waals surface area contributed by atoms with Crippen molar-refractivity contribution in [3.05, 3.63) is 40.2 Å². The first-order valence-corrected chi connectivity index (χ1v) is 7.92. The number of carboxylic acids is 1. The molecule has 0 spiro atoms. The third-order valence-corrected chi connectivity index (χ3v) is 5.06. The number of rotatable bonds is 2. The van der Waals surface area contributed by atoms with Crippen molar-refractivity contribution in [2.75, 3.05) is 11.4 Å². The zero-order chi connectivity index (χ0) is 15.3. The van der Waals surface area contributed by atoms with Crippen molar-refractivity contribution in [2.45, 2.75) is 13.0 Å². The van der Waals surface area contributed by atoms with Gasteiger partial charge in [0.25, 0.3) is 0 Å². The molecule has 0 unspecified atom stereocenters. The largest absolute Gasteiger partial charge is 0.476 e. The summed E-state index contributed by atoms with van der Waals surface area (Å²) in [5.41, 5.74) is 2.65. The Labute approximate surface area is 134 Å². The maximum absolute atomic E-state index is 11.2. The Kier molecular flexibility index (Phi) is 3.05. The second kappa shape index (κ2) is 4.96. The molecular formula is C14H11ClN4O2S. The number of carboxylic acid groups (broad SMARTS) is 1. The molecule has 0 aliphatic carbocycles. The molecule has 0 radical (unpaired) electrons. The summed E-state index contributed by atoms with van der Waals surface area (Å²) in [6.45, 7) is 1.28. The van der Waals surface area contributed by atoms with Gasteiger partial charge < -0.3 is 10.0 Å². The molecule has 3 heterocycles. The smallest absolute Gasteiger partial charge is 0.356 e. The number of carbonyl (C=O) groups is 1. The first kappa shape index (κ1) is 13.5. The highest BCUT2D eigenvalue weighted by molar-refractivity contribution is 7.22. The molecular weight excluding hydrogens is 324 g/mol. The monoisotopic (exact) mass is 334 g/mol. The summed E-state index contributed by atoms with van der Waals surface area (Å²) in [6, 6.07) is 5.61. The zero-order valence-corrected chi connectivity index (χ0v) is 12.9. The molecule has 6 nitrogen and oxygen atoms in total. The fraction of sp³-hybridized carbons (Fsp3) is 0.214. The van der Waals surface area contributed by atoms with E-state index in [-0.39, 0.29) is 5.69 Å². The SMILES string of the molecule is O=C(O)c1n[nH]c2c1CN(c1nc3ccc(Cl)cc3s1)CC2. The van der Waals surface area contributed by atoms with E-state index in [4.69, 9.17) is 11.6 Å². The van der Waals surface area contributed by atoms with Crippen LogP contribution in [0.25, 0.3) is 10.2 Å². The Morgan fingerprint density at radius 1 is 1.45 bits per heavy atom. The molecule has 2 aromatic heterocycles. The summed E-state index contributed by atoms with van der Waals surface area (Å²) in [6.07, 6.45) is 0.728. The Bertz CT molecular complexity index is 888. The predicted octanol–water partition coefficient (Wildman–Crippen LogP) is 2.93. The van der Waals surface area contributed by atoms with Crippen LogP contribution in [0.5, 0.6) is 0 Å². The molecule has 0 saturated carbocycles. The van der Waals surface area contributed by atoms with Crippen molar-refractivity contribution >= 4 is 44.3 Å². The number of fused-ring (bicyclic) bond motifs is 2. The van der Waals surface area contributed by atoms with Crippen molar-refractivity contribution in [3.63, 3.8) is 0 Å². The fourth-order valence-corrected chi connectivity index (χ4v) is 3.92. The highest BCUT2D eigenvalue weighted by Gasteiger charge is 2.26. The van der Waals surface area contributed by atoms with Gasteiger partial charge in [-0.3, -0.25) is 5.10 Å². The lowest BCUT2D eigenvalue weighted by molar-refractivity contribution is 0.0689. The summed E-state index contributed by atoms with van der Waals surface area (Å²) in [7, 11) is 0. The molecule has 4 rings (SSSR count). The normalized spacial score (nSPS) is 14.3. The molecule has 8 heteroatoms. The minimum absolute atomic E-state index is 0.101. The van der Waals surface area contributed by atoms with Crippen molar-refractivity contribution in [1.29, 1.82) is 0 Å². The van der Waals surface area contributed by atoms with Crippen LogP contribution in [0, 0.1) is 0 Å². The van der Waals surface area contributed by atoms with Crippen molar-refractivity contribution in [2.24, 2.45) is 0 Å². The van der Waals surface area contributed by atoms with Crippen LogP contribution in [0.15, 0.2) is 18.2 Å². The molecule has 0 fully saturated rings. The maximum Gasteiger partial charge on any atom is 0.356 e. The lowest BCUT2D eigenvalue weighted by atomic mass is 10.1. The molecule has 0 amide bonds. The Morgan fingerprint density at radius 3 is 3.14 bits per heavy atom. The van der Waals surface area contributed by atoms with Gasteiger partial charge in [0.05, 0.1) is 10.2 Å². The standard InChI is InChI=1S/C14H11ClN4O2S/c15-7-1-2-10-11(5-7)22-14(16-10)19-4-3-9-8(6-19)12(13(20)21)18-17-9/h1-2,5H,3-4,6H2,(H,17,18)(H,20,21). The van der Waals surface area contributed by atoms with Crippen LogP contribution in [0.4, 0.5) is 5.13 Å². The minimum atomic E-state index is -1.00. The quantitative estimate of drug-likeness (QED) is 0.753. The molecule has 3 aromatic rings. The Morgan fingerprint density at radius 2 is 2.32 bits per heavy atom. The number of halogens is 1. The Balaban J connectivity index is 1.71. The lowest BCUT2D eigenvalue weighted by Gasteiger charge is -2.26. The zero-order valence-electron chi connectivity index (χ0n) is 11.3. The first-order chi connectivity index (χ1) is 10.6. The maximum atomic E-state index is 11.2. The van der Waals surface area contributed by atoms with E-state index >= 15 is 0 Å². The summed E-state index contributed by atoms with van der Waals surface area (Å²) in [5.74, 6) is -1.00. The first-order valence-electron chi connectivity index (χ1n) is 6.72. The molecule has 0 bridgehead atoms. The van der Waals surface area contributed by atoms with Gasteiger partial charge in [0.15, 0.2) is 10.8 Å². The summed E-state index contributed by atoms with van der Waals surface area (Å²) < 4.78 is 1.03. The van der Waals surface area contributed by atoms with Crippen LogP contribution in [-0.2, 0) is 13.0 Å². The van der Waals surface area contributed by atoms with E-state index in [0.29, 0.717) is 11.6 Å². The molecule has 112 valence electrons. The van der Waals surface area contributed by atoms with E-state index in [2.05, 4.69) is 20.1 Å². The highest BCUT2D eigenvalue weighted by atomic mass is 35.5. The Hall–Kier alpha value is -2.12. The number of nitrogens with zero attached hydrogens (tertiary/aromatic N) is 3. The number of benzene rings is 1. The van der Waals surface area contributed by atoms with Gasteiger partial charge in [-0.25, -0.2) is 9.78 Å². The van der Waals surface area contributed by atoms with E-state index in [1.807, 2.05) is 18.2 Å². The number of aromatic nitrogens is 3. The lowest BCUT2D eigenvalue weighted by Crippen LogP contribution is -2.30. The van der Waals surface area contributed by atoms with Gasteiger partial charge in [-0.05, 0) is 18.2 Å². The van der Waals surface area contributed by atoms with Crippen LogP contribution >= 0.6 is 22.9 Å². The topological polar surface area (TPSA) is 82.1 Å². The van der Waals surface area contributed by atoms with E-state index in [1.165, 1.54) is 0 Å². The van der Waals surface area contributed by atoms with Crippen LogP contribution in [0.1, 0.15) is 21.7 Å². The average molecular weight is 335 g/mol. The van der Waals surface area contributed by atoms with Crippen LogP contribution < -0.4 is 4.90 Å². The second-order valence-electron chi connectivity index (χ2n) is 5.11. The summed E-state index contributed by atoms with van der Waals surface area (Å²) in [5, 5.41) is 17.5. The van der Waals surface area contributed by atoms with Crippen LogP contribution in [0.2, 0.25) is 5.02 Å². The van der Waals surface area contributed by atoms with Crippen molar-refractivity contribution in [3.8, 4) is 0 Å². The molecule has 1 aliphatic heterocycles. The molecule has 0 atom stereocenters. The number of nitrogens with one attached hydrogen (secondary N) is 1. The van der Waals surface area contributed by atoms with Gasteiger partial charge in [-0.15, -0.1) is 0 Å². The number of aromatic carboxylic acids is 1. The molecule has 22 heavy (non-hydrogen) atoms. The number of hydrogen-bond donors (Lipinski definition) is 2. The third kappa shape index (κ3) is 2.13. The number of aromatic amines is 1. The number of H-pyrrole nitrogens is 1. The number of hydrogen-bond acceptors (Lipinski definition) is 5. The highest BCUT2D eigenvalue weighted by Crippen LogP contribution is 2.33. The minimum Gasteiger partial charge on any atom is -0.476 e. The van der Waals surface area contributed by atoms with Gasteiger partial charge >= 0.3 is 5.97 Å². The predicted molar refractivity (Wildman–Crippen MR) is 84.9 cm³/mol. The summed E-state index contributed by atoms with van der Waals surface area (Å²) in [4.78, 5) is 17.9. The molecule has 1 aliphatic rings. The van der Waals surface area contributed by atoms with Crippen LogP contribution in [-0.4, -0.2) is 32.8 Å². The van der Waals surface area contributed by atoms with Crippen molar-refractivity contribution < 1.29 is 9.90 Å². The molecule has 2 N–H and O–H groups in total. The third-order valence-electron chi connectivity index (χ3n) is 3.75. The van der Waals surface area contributed by atoms with Gasteiger partial charge in [0, 0.05) is 35.8 Å². The molecule has 1 aromatic carbocycles. The average Bonchev–Trinajstić information content (AvgIpc) is 3.09. The van der Waals surface area contributed by atoms with E-state index in [9.17, 15) is 9.90 Å². The fourth-order valence-electron chi connectivity index (χ4n) is 2.66. The second-order valence-corrected chi connectivity index (χ2v) is 6.56. The molecule has 0 saturated heterocycles. The number of thiazole rings is 1. The number of anilines is 1. The van der Waals surface area contributed by atoms with Gasteiger partial charge in [-0.2, -0.15) is 5.10 Å². The van der Waals surface area contributed by atoms with Gasteiger partial charge in [-0.1, -0.05) is 22.9 Å². The van der Waals surface area contributed by atoms with Gasteiger partial charge in [0.2, 0.25) is 0 Å². The van der Waals surface area contributed by atoms with Crippen LogP contribution in [0.3, 0.4) is 0 Å². The van der Waals surface area contributed by atoms with E-state index in [0.717, 1.165) is 39.6 Å². The van der Waals surface area contributed by atoms with E-state index < -0.39 is 5.97 Å². The van der Waals surface area contributed by atoms with E-state index in [1.54, 1.807) is 11.3 Å². The summed E-state index contributed by atoms with van der Waals surface area (Å²) >= 11 is 7.57. The van der Waals surface area contributed by atoms with Gasteiger partial charge in [0.1, 0.15) is 0 Å². The van der Waals surface area contributed by atoms with Crippen molar-refractivity contribution in [1.82, 2.24) is 15.2 Å².